The zero-order chi connectivity index (χ0) is 20.9. The summed E-state index contributed by atoms with van der Waals surface area (Å²) in [6, 6.07) is 0. The van der Waals surface area contributed by atoms with Crippen molar-refractivity contribution in [1.82, 2.24) is 5.32 Å². The molecule has 4 aliphatic rings. The van der Waals surface area contributed by atoms with Crippen LogP contribution in [0.5, 0.6) is 0 Å². The van der Waals surface area contributed by atoms with Crippen LogP contribution in [0.2, 0.25) is 0 Å². The number of carbonyl (C=O) groups is 2. The molecule has 0 atom stereocenters. The van der Waals surface area contributed by atoms with Crippen LogP contribution in [0.25, 0.3) is 0 Å². The zero-order valence-corrected chi connectivity index (χ0v) is 18.6. The highest BCUT2D eigenvalue weighted by Crippen LogP contribution is 2.59. The second-order valence-corrected chi connectivity index (χ2v) is 10.3. The highest BCUT2D eigenvalue weighted by Gasteiger charge is 2.50. The van der Waals surface area contributed by atoms with E-state index in [1.54, 1.807) is 0 Å². The Morgan fingerprint density at radius 3 is 1.76 bits per heavy atom. The van der Waals surface area contributed by atoms with Gasteiger partial charge >= 0.3 is 5.97 Å². The van der Waals surface area contributed by atoms with Crippen molar-refractivity contribution >= 4 is 11.9 Å². The van der Waals surface area contributed by atoms with Crippen LogP contribution in [-0.2, 0) is 9.53 Å². The SMILES string of the molecule is Cc1c(C)c(C)c(C(=O)OCC(=O)NCC23CC4CC(CC(C4)C2)C3)c(C)c1C. The molecule has 4 heteroatoms. The second kappa shape index (κ2) is 7.45. The Hall–Kier alpha value is -1.84. The van der Waals surface area contributed by atoms with E-state index in [1.165, 1.54) is 44.1 Å². The smallest absolute Gasteiger partial charge is 0.339 e. The molecular weight excluding hydrogens is 362 g/mol. The monoisotopic (exact) mass is 397 g/mol. The molecule has 4 fully saturated rings. The number of nitrogens with one attached hydrogen (secondary N) is 1. The Morgan fingerprint density at radius 2 is 1.28 bits per heavy atom. The molecule has 0 aliphatic heterocycles. The molecule has 158 valence electrons. The van der Waals surface area contributed by atoms with Gasteiger partial charge in [0.15, 0.2) is 6.61 Å². The molecule has 0 heterocycles. The van der Waals surface area contributed by atoms with Gasteiger partial charge in [-0.2, -0.15) is 0 Å². The molecule has 29 heavy (non-hydrogen) atoms. The minimum Gasteiger partial charge on any atom is -0.452 e. The van der Waals surface area contributed by atoms with E-state index in [2.05, 4.69) is 12.2 Å². The highest BCUT2D eigenvalue weighted by molar-refractivity contribution is 5.95. The van der Waals surface area contributed by atoms with Gasteiger partial charge in [0, 0.05) is 6.54 Å². The van der Waals surface area contributed by atoms with Crippen molar-refractivity contribution in [2.45, 2.75) is 73.1 Å². The molecule has 1 aromatic carbocycles. The predicted octanol–water partition coefficient (Wildman–Crippen LogP) is 4.72. The van der Waals surface area contributed by atoms with Gasteiger partial charge in [-0.3, -0.25) is 4.79 Å². The first-order valence-corrected chi connectivity index (χ1v) is 11.2. The van der Waals surface area contributed by atoms with E-state index >= 15 is 0 Å². The van der Waals surface area contributed by atoms with Gasteiger partial charge in [0.05, 0.1) is 5.56 Å². The fraction of sp³-hybridized carbons (Fsp3) is 0.680. The molecule has 1 N–H and O–H groups in total. The Morgan fingerprint density at radius 1 is 0.828 bits per heavy atom. The molecule has 4 saturated carbocycles. The van der Waals surface area contributed by atoms with E-state index in [1.807, 2.05) is 27.7 Å². The molecule has 4 aliphatic carbocycles. The topological polar surface area (TPSA) is 55.4 Å². The number of ether oxygens (including phenoxy) is 1. The number of esters is 1. The van der Waals surface area contributed by atoms with Gasteiger partial charge in [0.2, 0.25) is 0 Å². The third-order valence-corrected chi connectivity index (χ3v) is 8.36. The summed E-state index contributed by atoms with van der Waals surface area (Å²) < 4.78 is 5.42. The van der Waals surface area contributed by atoms with Crippen molar-refractivity contribution < 1.29 is 14.3 Å². The molecular formula is C25H35NO3. The van der Waals surface area contributed by atoms with Crippen LogP contribution in [0, 0.1) is 57.8 Å². The third kappa shape index (κ3) is 3.71. The van der Waals surface area contributed by atoms with Gasteiger partial charge < -0.3 is 10.1 Å². The van der Waals surface area contributed by atoms with E-state index in [9.17, 15) is 9.59 Å². The normalized spacial score (nSPS) is 29.8. The second-order valence-electron chi connectivity index (χ2n) is 10.3. The van der Waals surface area contributed by atoms with Gasteiger partial charge in [-0.1, -0.05) is 0 Å². The van der Waals surface area contributed by atoms with E-state index in [0.717, 1.165) is 46.6 Å². The summed E-state index contributed by atoms with van der Waals surface area (Å²) in [5.41, 5.74) is 6.25. The maximum Gasteiger partial charge on any atom is 0.339 e. The van der Waals surface area contributed by atoms with E-state index in [4.69, 9.17) is 4.74 Å². The van der Waals surface area contributed by atoms with Gasteiger partial charge in [-0.05, 0) is 124 Å². The largest absolute Gasteiger partial charge is 0.452 e. The predicted molar refractivity (Wildman–Crippen MR) is 114 cm³/mol. The Kier molecular flexibility index (Phi) is 5.25. The Labute approximate surface area is 174 Å². The molecule has 0 spiro atoms. The van der Waals surface area contributed by atoms with Crippen molar-refractivity contribution in [3.8, 4) is 0 Å². The van der Waals surface area contributed by atoms with Gasteiger partial charge in [0.1, 0.15) is 0 Å². The van der Waals surface area contributed by atoms with Gasteiger partial charge in [-0.25, -0.2) is 4.79 Å². The minimum absolute atomic E-state index is 0.176. The number of hydrogen-bond donors (Lipinski definition) is 1. The maximum atomic E-state index is 12.7. The fourth-order valence-electron chi connectivity index (χ4n) is 6.85. The minimum atomic E-state index is -0.392. The number of amides is 1. The van der Waals surface area contributed by atoms with Crippen molar-refractivity contribution in [2.24, 2.45) is 23.2 Å². The first-order chi connectivity index (χ1) is 13.7. The van der Waals surface area contributed by atoms with E-state index in [-0.39, 0.29) is 12.5 Å². The van der Waals surface area contributed by atoms with Crippen molar-refractivity contribution in [3.05, 3.63) is 33.4 Å². The summed E-state index contributed by atoms with van der Waals surface area (Å²) in [5, 5.41) is 3.09. The van der Waals surface area contributed by atoms with Crippen LogP contribution in [0.15, 0.2) is 0 Å². The third-order valence-electron chi connectivity index (χ3n) is 8.36. The first kappa shape index (κ1) is 20.4. The van der Waals surface area contributed by atoms with Crippen molar-refractivity contribution in [3.63, 3.8) is 0 Å². The number of benzene rings is 1. The summed E-state index contributed by atoms with van der Waals surface area (Å²) in [5.74, 6) is 2.04. The fourth-order valence-corrected chi connectivity index (χ4v) is 6.85. The van der Waals surface area contributed by atoms with E-state index in [0.29, 0.717) is 11.0 Å². The van der Waals surface area contributed by atoms with Crippen LogP contribution in [0.4, 0.5) is 0 Å². The molecule has 0 saturated heterocycles. The lowest BCUT2D eigenvalue weighted by molar-refractivity contribution is -0.126. The average Bonchev–Trinajstić information content (AvgIpc) is 2.67. The number of rotatable bonds is 5. The first-order valence-electron chi connectivity index (χ1n) is 11.2. The lowest BCUT2D eigenvalue weighted by Crippen LogP contribution is -2.51. The summed E-state index contributed by atoms with van der Waals surface area (Å²) in [7, 11) is 0. The molecule has 4 bridgehead atoms. The van der Waals surface area contributed by atoms with Crippen LogP contribution in [0.3, 0.4) is 0 Å². The van der Waals surface area contributed by atoms with Crippen molar-refractivity contribution in [2.75, 3.05) is 13.2 Å². The maximum absolute atomic E-state index is 12.7. The lowest BCUT2D eigenvalue weighted by Gasteiger charge is -2.56. The zero-order valence-electron chi connectivity index (χ0n) is 18.6. The quantitative estimate of drug-likeness (QED) is 0.732. The van der Waals surface area contributed by atoms with Crippen LogP contribution in [0.1, 0.15) is 76.7 Å². The number of carbonyl (C=O) groups excluding carboxylic acids is 2. The highest BCUT2D eigenvalue weighted by atomic mass is 16.5. The molecule has 5 rings (SSSR count). The summed E-state index contributed by atoms with van der Waals surface area (Å²) >= 11 is 0. The van der Waals surface area contributed by atoms with Crippen molar-refractivity contribution in [1.29, 1.82) is 0 Å². The lowest BCUT2D eigenvalue weighted by atomic mass is 9.49. The molecule has 1 amide bonds. The van der Waals surface area contributed by atoms with Gasteiger partial charge in [-0.15, -0.1) is 0 Å². The van der Waals surface area contributed by atoms with E-state index < -0.39 is 5.97 Å². The van der Waals surface area contributed by atoms with Gasteiger partial charge in [0.25, 0.3) is 5.91 Å². The van der Waals surface area contributed by atoms with Crippen LogP contribution in [-0.4, -0.2) is 25.0 Å². The molecule has 0 radical (unpaired) electrons. The summed E-state index contributed by atoms with van der Waals surface area (Å²) in [6.45, 7) is 10.6. The number of hydrogen-bond acceptors (Lipinski definition) is 3. The summed E-state index contributed by atoms with van der Waals surface area (Å²) in [4.78, 5) is 25.2. The Bertz CT molecular complexity index is 790. The molecule has 0 unspecified atom stereocenters. The van der Waals surface area contributed by atoms with Crippen LogP contribution < -0.4 is 5.32 Å². The molecule has 0 aromatic heterocycles. The molecule has 4 nitrogen and oxygen atoms in total. The Balaban J connectivity index is 1.34. The average molecular weight is 398 g/mol. The summed E-state index contributed by atoms with van der Waals surface area (Å²) in [6.07, 6.45) is 7.99. The van der Waals surface area contributed by atoms with Crippen LogP contribution >= 0.6 is 0 Å². The molecule has 1 aromatic rings. The standard InChI is InChI=1S/C25H35NO3/c1-14-15(2)17(4)23(18(5)16(14)3)24(28)29-12-22(27)26-13-25-9-19-6-20(10-25)8-21(7-19)11-25/h19-21H,6-13H2,1-5H3,(H,26,27).